The molecule has 0 aliphatic carbocycles. The lowest BCUT2D eigenvalue weighted by molar-refractivity contribution is -0.149. The van der Waals surface area contributed by atoms with Crippen molar-refractivity contribution in [3.8, 4) is 5.75 Å². The number of hydrogen-bond donors (Lipinski definition) is 3. The van der Waals surface area contributed by atoms with Crippen LogP contribution in [0.4, 0.5) is 4.79 Å². The van der Waals surface area contributed by atoms with Gasteiger partial charge in [0.25, 0.3) is 0 Å². The summed E-state index contributed by atoms with van der Waals surface area (Å²) in [4.78, 5) is 54.1. The molecule has 2 atom stereocenters. The summed E-state index contributed by atoms with van der Waals surface area (Å²) in [6, 6.07) is 11.5. The monoisotopic (exact) mass is 555 g/mol. The number of phenols is 1. The number of nitrogens with zero attached hydrogens (tertiary/aromatic N) is 1. The van der Waals surface area contributed by atoms with Gasteiger partial charge in [-0.15, -0.1) is 0 Å². The summed E-state index contributed by atoms with van der Waals surface area (Å²) in [6.45, 7) is 11.6. The molecule has 2 rings (SSSR count). The maximum Gasteiger partial charge on any atom is 0.408 e. The second-order valence-electron chi connectivity index (χ2n) is 11.5. The molecule has 0 aliphatic rings. The summed E-state index contributed by atoms with van der Waals surface area (Å²) in [5, 5.41) is 16.2. The topological polar surface area (TPSA) is 134 Å². The van der Waals surface area contributed by atoms with Gasteiger partial charge in [-0.2, -0.15) is 0 Å². The third-order valence-corrected chi connectivity index (χ3v) is 5.94. The van der Waals surface area contributed by atoms with E-state index in [9.17, 15) is 24.3 Å². The van der Waals surface area contributed by atoms with Crippen molar-refractivity contribution in [3.63, 3.8) is 0 Å². The lowest BCUT2D eigenvalue weighted by Crippen LogP contribution is -2.59. The fourth-order valence-electron chi connectivity index (χ4n) is 4.14. The molecule has 0 bridgehead atoms. The van der Waals surface area contributed by atoms with Crippen molar-refractivity contribution in [2.75, 3.05) is 13.7 Å². The number of carbonyl (C=O) groups excluding carboxylic acids is 4. The Labute approximate surface area is 236 Å². The zero-order chi connectivity index (χ0) is 30.3. The van der Waals surface area contributed by atoms with Crippen molar-refractivity contribution >= 4 is 23.9 Å². The predicted octanol–water partition coefficient (Wildman–Crippen LogP) is 3.79. The Morgan fingerprint density at radius 3 is 2.12 bits per heavy atom. The molecular formula is C30H41N3O7. The van der Waals surface area contributed by atoms with E-state index in [1.807, 2.05) is 30.3 Å². The quantitative estimate of drug-likeness (QED) is 0.401. The normalized spacial score (nSPS) is 13.0. The van der Waals surface area contributed by atoms with Gasteiger partial charge in [0.15, 0.2) is 0 Å². The first kappa shape index (κ1) is 32.1. The third-order valence-electron chi connectivity index (χ3n) is 5.94. The van der Waals surface area contributed by atoms with E-state index in [0.29, 0.717) is 5.56 Å². The van der Waals surface area contributed by atoms with E-state index in [4.69, 9.17) is 4.74 Å². The summed E-state index contributed by atoms with van der Waals surface area (Å²) in [5.41, 5.74) is -0.349. The van der Waals surface area contributed by atoms with Crippen LogP contribution in [0.25, 0.3) is 0 Å². The summed E-state index contributed by atoms with van der Waals surface area (Å²) >= 11 is 0. The molecule has 0 fully saturated rings. The fourth-order valence-corrected chi connectivity index (χ4v) is 4.14. The van der Waals surface area contributed by atoms with Crippen LogP contribution in [-0.4, -0.2) is 64.7 Å². The highest BCUT2D eigenvalue weighted by Crippen LogP contribution is 2.36. The van der Waals surface area contributed by atoms with Crippen LogP contribution in [0.1, 0.15) is 64.3 Å². The Kier molecular flexibility index (Phi) is 10.7. The summed E-state index contributed by atoms with van der Waals surface area (Å²) in [6.07, 6.45) is -0.678. The number of nitrogens with one attached hydrogen (secondary N) is 2. The summed E-state index contributed by atoms with van der Waals surface area (Å²) in [7, 11) is 1.19. The smallest absolute Gasteiger partial charge is 0.408 e. The van der Waals surface area contributed by atoms with Crippen LogP contribution in [0.5, 0.6) is 5.75 Å². The van der Waals surface area contributed by atoms with Gasteiger partial charge >= 0.3 is 12.1 Å². The first-order valence-electron chi connectivity index (χ1n) is 13.0. The van der Waals surface area contributed by atoms with Crippen LogP contribution in [0.2, 0.25) is 0 Å². The van der Waals surface area contributed by atoms with E-state index in [2.05, 4.69) is 15.4 Å². The van der Waals surface area contributed by atoms with Gasteiger partial charge in [-0.25, -0.2) is 4.79 Å². The molecule has 0 heterocycles. The molecule has 3 N–H and O–H groups in total. The molecule has 2 aromatic carbocycles. The molecule has 3 amide bonds. The predicted molar refractivity (Wildman–Crippen MR) is 151 cm³/mol. The van der Waals surface area contributed by atoms with Crippen molar-refractivity contribution in [2.24, 2.45) is 0 Å². The number of amides is 3. The van der Waals surface area contributed by atoms with Crippen LogP contribution in [0.3, 0.4) is 0 Å². The fraction of sp³-hybridized carbons (Fsp3) is 0.467. The number of alkyl carbamates (subject to hydrolysis) is 1. The second-order valence-corrected chi connectivity index (χ2v) is 11.5. The minimum atomic E-state index is -1.35. The first-order chi connectivity index (χ1) is 18.5. The van der Waals surface area contributed by atoms with Crippen molar-refractivity contribution in [1.82, 2.24) is 15.5 Å². The SMILES string of the molecule is COC(=O)CNC(=O)C(c1cccc(C)c1O)N(C(=O)C(Cc1ccccc1)NC(=O)OC(C)(C)C)C(C)(C)C. The number of para-hydroxylation sites is 1. The van der Waals surface area contributed by atoms with Gasteiger partial charge < -0.3 is 30.1 Å². The van der Waals surface area contributed by atoms with Crippen molar-refractivity contribution in [2.45, 2.75) is 78.1 Å². The van der Waals surface area contributed by atoms with Crippen LogP contribution in [0, 0.1) is 6.92 Å². The van der Waals surface area contributed by atoms with Crippen LogP contribution < -0.4 is 10.6 Å². The highest BCUT2D eigenvalue weighted by molar-refractivity contribution is 5.94. The number of carbonyl (C=O) groups is 4. The number of hydrogen-bond acceptors (Lipinski definition) is 7. The van der Waals surface area contributed by atoms with E-state index in [0.717, 1.165) is 5.56 Å². The first-order valence-corrected chi connectivity index (χ1v) is 13.0. The number of methoxy groups -OCH3 is 1. The molecule has 0 spiro atoms. The Balaban J connectivity index is 2.65. The van der Waals surface area contributed by atoms with Gasteiger partial charge in [0, 0.05) is 17.5 Å². The van der Waals surface area contributed by atoms with Gasteiger partial charge in [-0.05, 0) is 59.6 Å². The number of benzene rings is 2. The third kappa shape index (κ3) is 9.00. The standard InChI is InChI=1S/C30H41N3O7/c1-19-13-12-16-21(25(19)35)24(26(36)31-18-23(34)39-8)33(29(2,3)4)27(37)22(17-20-14-10-9-11-15-20)32-28(38)40-30(5,6)7/h9-16,22,24,35H,17-18H2,1-8H3,(H,31,36)(H,32,38). The molecule has 2 unspecified atom stereocenters. The van der Waals surface area contributed by atoms with Gasteiger partial charge in [0.2, 0.25) is 11.8 Å². The average molecular weight is 556 g/mol. The zero-order valence-corrected chi connectivity index (χ0v) is 24.5. The Bertz CT molecular complexity index is 1200. The number of rotatable bonds is 9. The molecule has 0 radical (unpaired) electrons. The minimum Gasteiger partial charge on any atom is -0.507 e. The molecular weight excluding hydrogens is 514 g/mol. The number of aromatic hydroxyl groups is 1. The molecule has 10 heteroatoms. The van der Waals surface area contributed by atoms with Crippen LogP contribution in [-0.2, 0) is 30.3 Å². The molecule has 0 saturated carbocycles. The Hall–Kier alpha value is -4.08. The van der Waals surface area contributed by atoms with Gasteiger partial charge in [-0.3, -0.25) is 14.4 Å². The van der Waals surface area contributed by atoms with Crippen molar-refractivity contribution < 1.29 is 33.8 Å². The van der Waals surface area contributed by atoms with Crippen LogP contribution >= 0.6 is 0 Å². The zero-order valence-electron chi connectivity index (χ0n) is 24.5. The highest BCUT2D eigenvalue weighted by atomic mass is 16.6. The van der Waals surface area contributed by atoms with E-state index in [1.165, 1.54) is 12.0 Å². The Morgan fingerprint density at radius 2 is 1.57 bits per heavy atom. The lowest BCUT2D eigenvalue weighted by atomic mass is 9.93. The summed E-state index contributed by atoms with van der Waals surface area (Å²) in [5.74, 6) is -2.13. The molecule has 2 aromatic rings. The number of ether oxygens (including phenoxy) is 2. The maximum atomic E-state index is 14.4. The van der Waals surface area contributed by atoms with E-state index in [-0.39, 0.29) is 17.7 Å². The Morgan fingerprint density at radius 1 is 0.950 bits per heavy atom. The largest absolute Gasteiger partial charge is 0.507 e. The number of esters is 1. The van der Waals surface area contributed by atoms with Crippen molar-refractivity contribution in [1.29, 1.82) is 0 Å². The summed E-state index contributed by atoms with van der Waals surface area (Å²) < 4.78 is 10.1. The highest BCUT2D eigenvalue weighted by Gasteiger charge is 2.43. The van der Waals surface area contributed by atoms with Gasteiger partial charge in [0.05, 0.1) is 7.11 Å². The minimum absolute atomic E-state index is 0.113. The van der Waals surface area contributed by atoms with Gasteiger partial charge in [-0.1, -0.05) is 48.5 Å². The molecule has 10 nitrogen and oxygen atoms in total. The second kappa shape index (κ2) is 13.3. The van der Waals surface area contributed by atoms with E-state index < -0.39 is 53.6 Å². The molecule has 0 aromatic heterocycles. The van der Waals surface area contributed by atoms with Gasteiger partial charge in [0.1, 0.15) is 30.0 Å². The van der Waals surface area contributed by atoms with Crippen LogP contribution in [0.15, 0.2) is 48.5 Å². The maximum absolute atomic E-state index is 14.4. The van der Waals surface area contributed by atoms with E-state index in [1.54, 1.807) is 66.7 Å². The molecule has 40 heavy (non-hydrogen) atoms. The average Bonchev–Trinajstić information content (AvgIpc) is 2.85. The molecule has 0 aliphatic heterocycles. The molecule has 218 valence electrons. The number of aryl methyl sites for hydroxylation is 1. The van der Waals surface area contributed by atoms with Crippen molar-refractivity contribution in [3.05, 3.63) is 65.2 Å². The number of phenolic OH excluding ortho intramolecular Hbond substituents is 1. The van der Waals surface area contributed by atoms with E-state index >= 15 is 0 Å². The molecule has 0 saturated heterocycles. The lowest BCUT2D eigenvalue weighted by Gasteiger charge is -2.43.